The summed E-state index contributed by atoms with van der Waals surface area (Å²) in [5, 5.41) is 13.8. The largest absolute Gasteiger partial charge is 0.478 e. The van der Waals surface area contributed by atoms with Crippen LogP contribution in [-0.4, -0.2) is 60.1 Å². The van der Waals surface area contributed by atoms with Crippen LogP contribution in [0, 0.1) is 0 Å². The van der Waals surface area contributed by atoms with Crippen molar-refractivity contribution >= 4 is 28.3 Å². The van der Waals surface area contributed by atoms with Crippen LogP contribution in [0.2, 0.25) is 0 Å². The van der Waals surface area contributed by atoms with Gasteiger partial charge in [0.05, 0.1) is 5.56 Å². The third kappa shape index (κ3) is 3.29. The summed E-state index contributed by atoms with van der Waals surface area (Å²) in [7, 11) is 4.09. The maximum absolute atomic E-state index is 12.1. The lowest BCUT2D eigenvalue weighted by Gasteiger charge is -2.35. The smallest absolute Gasteiger partial charge is 0.338 e. The highest BCUT2D eigenvalue weighted by molar-refractivity contribution is 7.14. The number of carboxylic acid groups (broad SMARTS) is 1. The van der Waals surface area contributed by atoms with Gasteiger partial charge in [-0.05, 0) is 38.4 Å². The monoisotopic (exact) mass is 297 g/mol. The second-order valence-electron chi connectivity index (χ2n) is 5.08. The van der Waals surface area contributed by atoms with Crippen LogP contribution in [0.4, 0.5) is 9.80 Å². The molecule has 0 atom stereocenters. The number of piperidine rings is 1. The number of rotatable bonds is 3. The molecule has 1 aliphatic heterocycles. The average molecular weight is 297 g/mol. The number of carbonyl (C=O) groups excluding carboxylic acids is 1. The molecule has 0 radical (unpaired) electrons. The molecule has 2 amide bonds. The summed E-state index contributed by atoms with van der Waals surface area (Å²) in [6.07, 6.45) is 1.88. The summed E-state index contributed by atoms with van der Waals surface area (Å²) < 4.78 is 0. The first-order chi connectivity index (χ1) is 9.49. The number of carbonyl (C=O) groups is 2. The molecule has 1 aromatic heterocycles. The first-order valence-corrected chi connectivity index (χ1v) is 7.40. The summed E-state index contributed by atoms with van der Waals surface area (Å²) in [6, 6.07) is 1.79. The Labute approximate surface area is 122 Å². The summed E-state index contributed by atoms with van der Waals surface area (Å²) >= 11 is 1.23. The van der Waals surface area contributed by atoms with Crippen molar-refractivity contribution in [2.24, 2.45) is 0 Å². The number of carboxylic acids is 1. The number of nitrogens with zero attached hydrogens (tertiary/aromatic N) is 2. The molecule has 0 bridgehead atoms. The minimum Gasteiger partial charge on any atom is -0.478 e. The molecule has 1 aromatic rings. The van der Waals surface area contributed by atoms with Gasteiger partial charge in [0.25, 0.3) is 0 Å². The Balaban J connectivity index is 1.93. The van der Waals surface area contributed by atoms with Crippen LogP contribution in [0.5, 0.6) is 0 Å². The number of hydrogen-bond donors (Lipinski definition) is 2. The summed E-state index contributed by atoms with van der Waals surface area (Å²) in [6.45, 7) is 1.39. The molecule has 0 saturated carbocycles. The third-order valence-electron chi connectivity index (χ3n) is 3.60. The number of urea groups is 1. The van der Waals surface area contributed by atoms with Crippen molar-refractivity contribution in [1.82, 2.24) is 9.80 Å². The van der Waals surface area contributed by atoms with E-state index in [1.165, 1.54) is 17.4 Å². The van der Waals surface area contributed by atoms with Crippen LogP contribution >= 0.6 is 11.3 Å². The van der Waals surface area contributed by atoms with Gasteiger partial charge in [-0.3, -0.25) is 5.32 Å². The van der Waals surface area contributed by atoms with Gasteiger partial charge in [-0.25, -0.2) is 9.59 Å². The van der Waals surface area contributed by atoms with E-state index in [9.17, 15) is 9.59 Å². The lowest BCUT2D eigenvalue weighted by Crippen LogP contribution is -2.46. The predicted octanol–water partition coefficient (Wildman–Crippen LogP) is 2.00. The standard InChI is InChI=1S/C13H19N3O3S/c1-15(2)9-3-6-16(7-4-9)13(19)14-11-10(12(17)18)5-8-20-11/h5,8-9H,3-4,6-7H2,1-2H3,(H,14,19)(H,17,18). The number of likely N-dealkylation sites (tertiary alicyclic amines) is 1. The van der Waals surface area contributed by atoms with E-state index in [-0.39, 0.29) is 11.6 Å². The molecular weight excluding hydrogens is 278 g/mol. The number of anilines is 1. The van der Waals surface area contributed by atoms with Gasteiger partial charge in [0.2, 0.25) is 0 Å². The van der Waals surface area contributed by atoms with Crippen LogP contribution in [0.15, 0.2) is 11.4 Å². The Hall–Kier alpha value is -1.60. The van der Waals surface area contributed by atoms with Crippen molar-refractivity contribution in [3.8, 4) is 0 Å². The minimum atomic E-state index is -1.02. The number of aromatic carboxylic acids is 1. The third-order valence-corrected chi connectivity index (χ3v) is 4.43. The summed E-state index contributed by atoms with van der Waals surface area (Å²) in [5.74, 6) is -1.02. The average Bonchev–Trinajstić information content (AvgIpc) is 2.87. The zero-order chi connectivity index (χ0) is 14.7. The predicted molar refractivity (Wildman–Crippen MR) is 78.6 cm³/mol. The fraction of sp³-hybridized carbons (Fsp3) is 0.538. The molecule has 1 saturated heterocycles. The number of hydrogen-bond acceptors (Lipinski definition) is 4. The minimum absolute atomic E-state index is 0.145. The molecule has 0 aromatic carbocycles. The molecule has 0 unspecified atom stereocenters. The van der Waals surface area contributed by atoms with Gasteiger partial charge in [-0.15, -0.1) is 11.3 Å². The molecule has 20 heavy (non-hydrogen) atoms. The van der Waals surface area contributed by atoms with Crippen molar-refractivity contribution in [2.75, 3.05) is 32.5 Å². The molecule has 1 aliphatic rings. The van der Waals surface area contributed by atoms with Gasteiger partial charge >= 0.3 is 12.0 Å². The fourth-order valence-electron chi connectivity index (χ4n) is 2.34. The Morgan fingerprint density at radius 2 is 2.05 bits per heavy atom. The van der Waals surface area contributed by atoms with Crippen LogP contribution in [0.25, 0.3) is 0 Å². The van der Waals surface area contributed by atoms with Crippen LogP contribution < -0.4 is 5.32 Å². The number of amides is 2. The van der Waals surface area contributed by atoms with Crippen LogP contribution in [-0.2, 0) is 0 Å². The Kier molecular flexibility index (Phi) is 4.61. The highest BCUT2D eigenvalue weighted by Gasteiger charge is 2.25. The van der Waals surface area contributed by atoms with Gasteiger partial charge < -0.3 is 14.9 Å². The van der Waals surface area contributed by atoms with E-state index < -0.39 is 5.97 Å². The van der Waals surface area contributed by atoms with E-state index in [2.05, 4.69) is 10.2 Å². The molecule has 2 N–H and O–H groups in total. The Bertz CT molecular complexity index is 493. The lowest BCUT2D eigenvalue weighted by atomic mass is 10.0. The van der Waals surface area contributed by atoms with Crippen LogP contribution in [0.3, 0.4) is 0 Å². The zero-order valence-corrected chi connectivity index (χ0v) is 12.4. The molecule has 2 rings (SSSR count). The highest BCUT2D eigenvalue weighted by atomic mass is 32.1. The van der Waals surface area contributed by atoms with Crippen molar-refractivity contribution in [2.45, 2.75) is 18.9 Å². The second-order valence-corrected chi connectivity index (χ2v) is 6.00. The van der Waals surface area contributed by atoms with Gasteiger partial charge in [-0.1, -0.05) is 0 Å². The summed E-state index contributed by atoms with van der Waals surface area (Å²) in [5.41, 5.74) is 0.145. The molecule has 2 heterocycles. The fourth-order valence-corrected chi connectivity index (χ4v) is 3.10. The first kappa shape index (κ1) is 14.8. The molecule has 110 valence electrons. The molecule has 0 aliphatic carbocycles. The number of nitrogens with one attached hydrogen (secondary N) is 1. The van der Waals surface area contributed by atoms with E-state index >= 15 is 0 Å². The Morgan fingerprint density at radius 3 is 2.60 bits per heavy atom. The highest BCUT2D eigenvalue weighted by Crippen LogP contribution is 2.24. The van der Waals surface area contributed by atoms with Gasteiger partial charge in [0.15, 0.2) is 0 Å². The van der Waals surface area contributed by atoms with Crippen molar-refractivity contribution in [3.63, 3.8) is 0 Å². The maximum Gasteiger partial charge on any atom is 0.338 e. The van der Waals surface area contributed by atoms with Crippen molar-refractivity contribution in [1.29, 1.82) is 0 Å². The first-order valence-electron chi connectivity index (χ1n) is 6.52. The molecule has 7 heteroatoms. The van der Waals surface area contributed by atoms with E-state index in [0.717, 1.165) is 12.8 Å². The normalized spacial score (nSPS) is 16.4. The summed E-state index contributed by atoms with van der Waals surface area (Å²) in [4.78, 5) is 27.0. The van der Waals surface area contributed by atoms with E-state index in [0.29, 0.717) is 24.1 Å². The SMILES string of the molecule is CN(C)C1CCN(C(=O)Nc2sccc2C(=O)O)CC1. The topological polar surface area (TPSA) is 72.9 Å². The Morgan fingerprint density at radius 1 is 1.40 bits per heavy atom. The van der Waals surface area contributed by atoms with E-state index in [1.807, 2.05) is 14.1 Å². The van der Waals surface area contributed by atoms with Gasteiger partial charge in [0.1, 0.15) is 5.00 Å². The molecule has 1 fully saturated rings. The quantitative estimate of drug-likeness (QED) is 0.895. The maximum atomic E-state index is 12.1. The van der Waals surface area contributed by atoms with Crippen molar-refractivity contribution in [3.05, 3.63) is 17.0 Å². The molecule has 0 spiro atoms. The molecule has 6 nitrogen and oxygen atoms in total. The van der Waals surface area contributed by atoms with E-state index in [4.69, 9.17) is 5.11 Å². The lowest BCUT2D eigenvalue weighted by molar-refractivity contribution is 0.0698. The number of thiophene rings is 1. The van der Waals surface area contributed by atoms with E-state index in [1.54, 1.807) is 10.3 Å². The van der Waals surface area contributed by atoms with Crippen molar-refractivity contribution < 1.29 is 14.7 Å². The molecular formula is C13H19N3O3S. The zero-order valence-electron chi connectivity index (χ0n) is 11.6. The van der Waals surface area contributed by atoms with Gasteiger partial charge in [-0.2, -0.15) is 0 Å². The second kappa shape index (κ2) is 6.23. The van der Waals surface area contributed by atoms with Gasteiger partial charge in [0, 0.05) is 19.1 Å². The van der Waals surface area contributed by atoms with Crippen LogP contribution in [0.1, 0.15) is 23.2 Å².